The van der Waals surface area contributed by atoms with Crippen molar-refractivity contribution in [1.29, 1.82) is 0 Å². The van der Waals surface area contributed by atoms with Crippen LogP contribution in [0.3, 0.4) is 0 Å². The van der Waals surface area contributed by atoms with Gasteiger partial charge in [0.15, 0.2) is 0 Å². The number of para-hydroxylation sites is 1. The van der Waals surface area contributed by atoms with Crippen LogP contribution >= 0.6 is 0 Å². The molecule has 0 saturated heterocycles. The minimum absolute atomic E-state index is 0.0282. The number of rotatable bonds is 5. The summed E-state index contributed by atoms with van der Waals surface area (Å²) < 4.78 is 11.5. The normalized spacial score (nSPS) is 12.2. The first-order chi connectivity index (χ1) is 9.81. The molecule has 0 aliphatic carbocycles. The fourth-order valence-corrected chi connectivity index (χ4v) is 1.99. The van der Waals surface area contributed by atoms with Crippen molar-refractivity contribution in [2.24, 2.45) is 0 Å². The Balaban J connectivity index is 1.59. The zero-order valence-electron chi connectivity index (χ0n) is 11.2. The third-order valence-corrected chi connectivity index (χ3v) is 2.98. The third-order valence-electron chi connectivity index (χ3n) is 2.98. The Morgan fingerprint density at radius 3 is 2.80 bits per heavy atom. The van der Waals surface area contributed by atoms with E-state index >= 15 is 0 Å². The molecule has 1 aromatic heterocycles. The van der Waals surface area contributed by atoms with Crippen molar-refractivity contribution in [1.82, 2.24) is 10.2 Å². The van der Waals surface area contributed by atoms with Gasteiger partial charge in [-0.05, 0) is 37.3 Å². The third kappa shape index (κ3) is 2.91. The van der Waals surface area contributed by atoms with E-state index in [0.29, 0.717) is 6.61 Å². The highest BCUT2D eigenvalue weighted by Gasteiger charge is 2.06. The number of fused-ring (bicyclic) bond motifs is 1. The molecule has 4 heteroatoms. The summed E-state index contributed by atoms with van der Waals surface area (Å²) in [5.41, 5.74) is 1.01. The van der Waals surface area contributed by atoms with E-state index in [2.05, 4.69) is 10.2 Å². The molecule has 0 aliphatic rings. The number of aromatic nitrogens is 2. The average molecular weight is 268 g/mol. The lowest BCUT2D eigenvalue weighted by Gasteiger charge is -2.15. The Hall–Kier alpha value is -2.49. The molecule has 1 unspecified atom stereocenters. The van der Waals surface area contributed by atoms with E-state index in [1.165, 1.54) is 0 Å². The Bertz CT molecular complexity index is 679. The lowest BCUT2D eigenvalue weighted by atomic mass is 10.2. The summed E-state index contributed by atoms with van der Waals surface area (Å²) in [6.45, 7) is 2.50. The standard InChI is InChI=1S/C16H16N2O2/c1-12(11-19-14-5-3-2-4-6-14)20-15-7-8-16-13(9-15)10-17-18-16/h2-10,12H,11H2,1H3,(H,17,18). The van der Waals surface area contributed by atoms with Gasteiger partial charge >= 0.3 is 0 Å². The largest absolute Gasteiger partial charge is 0.490 e. The van der Waals surface area contributed by atoms with E-state index in [-0.39, 0.29) is 6.10 Å². The maximum atomic E-state index is 5.85. The number of benzene rings is 2. The van der Waals surface area contributed by atoms with Crippen LogP contribution in [-0.4, -0.2) is 22.9 Å². The molecule has 0 radical (unpaired) electrons. The molecule has 20 heavy (non-hydrogen) atoms. The molecule has 1 heterocycles. The van der Waals surface area contributed by atoms with Gasteiger partial charge in [0.05, 0.1) is 11.7 Å². The quantitative estimate of drug-likeness (QED) is 0.771. The highest BCUT2D eigenvalue weighted by molar-refractivity contribution is 5.79. The number of hydrogen-bond acceptors (Lipinski definition) is 3. The van der Waals surface area contributed by atoms with Crippen LogP contribution in [0.15, 0.2) is 54.7 Å². The monoisotopic (exact) mass is 268 g/mol. The van der Waals surface area contributed by atoms with Gasteiger partial charge in [-0.15, -0.1) is 0 Å². The lowest BCUT2D eigenvalue weighted by molar-refractivity contribution is 0.143. The Morgan fingerprint density at radius 1 is 1.10 bits per heavy atom. The summed E-state index contributed by atoms with van der Waals surface area (Å²) >= 11 is 0. The summed E-state index contributed by atoms with van der Waals surface area (Å²) in [6.07, 6.45) is 1.76. The molecule has 3 rings (SSSR count). The molecule has 0 fully saturated rings. The number of nitrogens with zero attached hydrogens (tertiary/aromatic N) is 1. The molecule has 0 bridgehead atoms. The predicted octanol–water partition coefficient (Wildman–Crippen LogP) is 3.41. The summed E-state index contributed by atoms with van der Waals surface area (Å²) in [5, 5.41) is 7.95. The van der Waals surface area contributed by atoms with Crippen LogP contribution in [0.4, 0.5) is 0 Å². The average Bonchev–Trinajstić information content (AvgIpc) is 2.94. The van der Waals surface area contributed by atoms with Crippen molar-refractivity contribution in [2.75, 3.05) is 6.61 Å². The minimum atomic E-state index is -0.0282. The van der Waals surface area contributed by atoms with Crippen molar-refractivity contribution in [3.63, 3.8) is 0 Å². The smallest absolute Gasteiger partial charge is 0.130 e. The van der Waals surface area contributed by atoms with E-state index in [1.807, 2.05) is 55.5 Å². The molecule has 1 atom stereocenters. The first-order valence-corrected chi connectivity index (χ1v) is 6.59. The van der Waals surface area contributed by atoms with E-state index in [9.17, 15) is 0 Å². The van der Waals surface area contributed by atoms with Gasteiger partial charge in [-0.25, -0.2) is 0 Å². The molecule has 0 amide bonds. The van der Waals surface area contributed by atoms with Crippen molar-refractivity contribution >= 4 is 10.9 Å². The summed E-state index contributed by atoms with van der Waals surface area (Å²) in [4.78, 5) is 0. The summed E-state index contributed by atoms with van der Waals surface area (Å²) in [7, 11) is 0. The minimum Gasteiger partial charge on any atom is -0.490 e. The highest BCUT2D eigenvalue weighted by Crippen LogP contribution is 2.20. The van der Waals surface area contributed by atoms with Gasteiger partial charge in [-0.2, -0.15) is 5.10 Å². The second-order valence-corrected chi connectivity index (χ2v) is 4.67. The fourth-order valence-electron chi connectivity index (χ4n) is 1.99. The number of nitrogens with one attached hydrogen (secondary N) is 1. The Kier molecular flexibility index (Phi) is 3.54. The molecule has 2 aromatic carbocycles. The van der Waals surface area contributed by atoms with Crippen LogP contribution in [0.1, 0.15) is 6.92 Å². The maximum absolute atomic E-state index is 5.85. The molecule has 0 saturated carbocycles. The predicted molar refractivity (Wildman–Crippen MR) is 78.1 cm³/mol. The summed E-state index contributed by atoms with van der Waals surface area (Å²) in [6, 6.07) is 15.6. The van der Waals surface area contributed by atoms with Gasteiger partial charge in [0.1, 0.15) is 24.2 Å². The van der Waals surface area contributed by atoms with Gasteiger partial charge in [-0.1, -0.05) is 18.2 Å². The zero-order valence-corrected chi connectivity index (χ0v) is 11.2. The Labute approximate surface area is 117 Å². The van der Waals surface area contributed by atoms with Crippen LogP contribution < -0.4 is 9.47 Å². The van der Waals surface area contributed by atoms with E-state index in [4.69, 9.17) is 9.47 Å². The molecule has 102 valence electrons. The maximum Gasteiger partial charge on any atom is 0.130 e. The highest BCUT2D eigenvalue weighted by atomic mass is 16.5. The van der Waals surface area contributed by atoms with Gasteiger partial charge in [0.2, 0.25) is 0 Å². The van der Waals surface area contributed by atoms with Crippen LogP contribution in [-0.2, 0) is 0 Å². The van der Waals surface area contributed by atoms with Gasteiger partial charge in [0.25, 0.3) is 0 Å². The van der Waals surface area contributed by atoms with E-state index < -0.39 is 0 Å². The molecule has 3 aromatic rings. The van der Waals surface area contributed by atoms with Crippen molar-refractivity contribution in [3.8, 4) is 11.5 Å². The first kappa shape index (κ1) is 12.5. The molecule has 1 N–H and O–H groups in total. The number of hydrogen-bond donors (Lipinski definition) is 1. The van der Waals surface area contributed by atoms with Crippen LogP contribution in [0.5, 0.6) is 11.5 Å². The van der Waals surface area contributed by atoms with Crippen molar-refractivity contribution < 1.29 is 9.47 Å². The SMILES string of the molecule is CC(COc1ccccc1)Oc1ccc2[nH]ncc2c1. The van der Waals surface area contributed by atoms with Crippen molar-refractivity contribution in [3.05, 3.63) is 54.7 Å². The van der Waals surface area contributed by atoms with Crippen LogP contribution in [0.25, 0.3) is 10.9 Å². The topological polar surface area (TPSA) is 47.1 Å². The molecular weight excluding hydrogens is 252 g/mol. The molecule has 0 aliphatic heterocycles. The lowest BCUT2D eigenvalue weighted by Crippen LogP contribution is -2.20. The first-order valence-electron chi connectivity index (χ1n) is 6.59. The number of H-pyrrole nitrogens is 1. The second-order valence-electron chi connectivity index (χ2n) is 4.67. The Morgan fingerprint density at radius 2 is 1.95 bits per heavy atom. The van der Waals surface area contributed by atoms with E-state index in [0.717, 1.165) is 22.4 Å². The summed E-state index contributed by atoms with van der Waals surface area (Å²) in [5.74, 6) is 1.68. The van der Waals surface area contributed by atoms with Gasteiger partial charge in [-0.3, -0.25) is 5.10 Å². The van der Waals surface area contributed by atoms with Crippen molar-refractivity contribution in [2.45, 2.75) is 13.0 Å². The van der Waals surface area contributed by atoms with E-state index in [1.54, 1.807) is 6.20 Å². The van der Waals surface area contributed by atoms with Gasteiger partial charge in [0, 0.05) is 5.39 Å². The van der Waals surface area contributed by atoms with Crippen LogP contribution in [0.2, 0.25) is 0 Å². The van der Waals surface area contributed by atoms with Crippen LogP contribution in [0, 0.1) is 0 Å². The molecule has 0 spiro atoms. The molecule has 4 nitrogen and oxygen atoms in total. The zero-order chi connectivity index (χ0) is 13.8. The fraction of sp³-hybridized carbons (Fsp3) is 0.188. The molecular formula is C16H16N2O2. The number of aromatic amines is 1. The van der Waals surface area contributed by atoms with Gasteiger partial charge < -0.3 is 9.47 Å². The second kappa shape index (κ2) is 5.65. The number of ether oxygens (including phenoxy) is 2.